The smallest absolute Gasteiger partial charge is 0.358 e. The number of aromatic amines is 2. The van der Waals surface area contributed by atoms with Crippen LogP contribution in [0, 0.1) is 20.2 Å². The summed E-state index contributed by atoms with van der Waals surface area (Å²) in [4.78, 5) is 31.8. The van der Waals surface area contributed by atoms with Gasteiger partial charge >= 0.3 is 17.3 Å². The molecule has 0 saturated heterocycles. The fraction of sp³-hybridized carbons (Fsp3) is 0. The van der Waals surface area contributed by atoms with E-state index in [4.69, 9.17) is 0 Å². The Labute approximate surface area is 63.3 Å². The number of aromatic nitrogens is 2. The third kappa shape index (κ3) is 1.14. The minimum absolute atomic E-state index is 0.940. The van der Waals surface area contributed by atoms with Crippen molar-refractivity contribution < 1.29 is 9.85 Å². The van der Waals surface area contributed by atoms with Crippen LogP contribution >= 0.6 is 0 Å². The average molecular weight is 174 g/mol. The maximum atomic E-state index is 10.4. The lowest BCUT2D eigenvalue weighted by Crippen LogP contribution is -2.01. The summed E-state index contributed by atoms with van der Waals surface area (Å²) in [5.74, 6) is -1.88. The van der Waals surface area contributed by atoms with E-state index in [0.29, 0.717) is 0 Å². The first-order valence-corrected chi connectivity index (χ1v) is 2.63. The van der Waals surface area contributed by atoms with Crippen molar-refractivity contribution in [3.05, 3.63) is 30.7 Å². The largest absolute Gasteiger partial charge is 0.500 e. The molecule has 9 heteroatoms. The van der Waals surface area contributed by atoms with E-state index in [0.717, 1.165) is 0 Å². The molecular formula is C3H2N4O5. The highest BCUT2D eigenvalue weighted by Gasteiger charge is 2.26. The minimum atomic E-state index is -1.05. The normalized spacial score (nSPS) is 9.67. The first-order chi connectivity index (χ1) is 5.52. The Hall–Kier alpha value is -2.19. The van der Waals surface area contributed by atoms with Crippen LogP contribution in [0.1, 0.15) is 0 Å². The van der Waals surface area contributed by atoms with E-state index in [9.17, 15) is 25.0 Å². The summed E-state index contributed by atoms with van der Waals surface area (Å²) in [5, 5.41) is 20.1. The van der Waals surface area contributed by atoms with Crippen LogP contribution in [-0.2, 0) is 0 Å². The lowest BCUT2D eigenvalue weighted by Gasteiger charge is -1.89. The fourth-order valence-electron chi connectivity index (χ4n) is 0.629. The van der Waals surface area contributed by atoms with Gasteiger partial charge in [0.25, 0.3) is 0 Å². The van der Waals surface area contributed by atoms with Gasteiger partial charge in [0.15, 0.2) is 0 Å². The molecule has 0 atom stereocenters. The summed E-state index contributed by atoms with van der Waals surface area (Å²) in [5.41, 5.74) is -0.978. The Morgan fingerprint density at radius 2 is 1.33 bits per heavy atom. The van der Waals surface area contributed by atoms with Crippen molar-refractivity contribution in [3.63, 3.8) is 0 Å². The summed E-state index contributed by atoms with van der Waals surface area (Å²) >= 11 is 0. The number of rotatable bonds is 2. The highest BCUT2D eigenvalue weighted by atomic mass is 16.6. The Bertz CT molecular complexity index is 353. The molecule has 0 saturated carbocycles. The van der Waals surface area contributed by atoms with Crippen LogP contribution in [0.5, 0.6) is 0 Å². The van der Waals surface area contributed by atoms with E-state index < -0.39 is 27.2 Å². The number of hydrogen-bond acceptors (Lipinski definition) is 5. The van der Waals surface area contributed by atoms with E-state index >= 15 is 0 Å². The second kappa shape index (κ2) is 2.45. The molecule has 0 fully saturated rings. The molecule has 0 bridgehead atoms. The molecule has 1 heterocycles. The van der Waals surface area contributed by atoms with E-state index in [-0.39, 0.29) is 0 Å². The van der Waals surface area contributed by atoms with Crippen LogP contribution in [0.3, 0.4) is 0 Å². The zero-order chi connectivity index (χ0) is 9.30. The van der Waals surface area contributed by atoms with Gasteiger partial charge in [0, 0.05) is 0 Å². The molecule has 2 N–H and O–H groups in total. The zero-order valence-corrected chi connectivity index (χ0v) is 5.44. The molecule has 0 spiro atoms. The Balaban J connectivity index is 3.36. The average Bonchev–Trinajstić information content (AvgIpc) is 2.31. The molecule has 0 radical (unpaired) electrons. The van der Waals surface area contributed by atoms with Crippen molar-refractivity contribution in [2.45, 2.75) is 0 Å². The molecule has 1 aromatic rings. The van der Waals surface area contributed by atoms with E-state index in [2.05, 4.69) is 0 Å². The summed E-state index contributed by atoms with van der Waals surface area (Å²) in [6.45, 7) is 0. The Morgan fingerprint density at radius 1 is 1.00 bits per heavy atom. The molecule has 0 aliphatic rings. The molecule has 0 amide bonds. The van der Waals surface area contributed by atoms with Crippen molar-refractivity contribution >= 4 is 11.6 Å². The van der Waals surface area contributed by atoms with Gasteiger partial charge in [-0.15, -0.1) is 0 Å². The van der Waals surface area contributed by atoms with E-state index in [1.54, 1.807) is 9.97 Å². The van der Waals surface area contributed by atoms with E-state index in [1.165, 1.54) is 0 Å². The van der Waals surface area contributed by atoms with Crippen LogP contribution in [0.25, 0.3) is 0 Å². The summed E-state index contributed by atoms with van der Waals surface area (Å²) in [7, 11) is 0. The quantitative estimate of drug-likeness (QED) is 0.461. The molecule has 1 rings (SSSR count). The van der Waals surface area contributed by atoms with Crippen LogP contribution in [0.4, 0.5) is 11.6 Å². The third-order valence-electron chi connectivity index (χ3n) is 1.05. The van der Waals surface area contributed by atoms with Crippen molar-refractivity contribution in [2.24, 2.45) is 0 Å². The summed E-state index contributed by atoms with van der Waals surface area (Å²) < 4.78 is 0. The van der Waals surface area contributed by atoms with Gasteiger partial charge in [0.05, 0.1) is 0 Å². The molecule has 0 aromatic carbocycles. The highest BCUT2D eigenvalue weighted by Crippen LogP contribution is 2.17. The lowest BCUT2D eigenvalue weighted by atomic mass is 10.7. The minimum Gasteiger partial charge on any atom is -0.358 e. The first-order valence-electron chi connectivity index (χ1n) is 2.63. The molecule has 9 nitrogen and oxygen atoms in total. The molecule has 0 aliphatic heterocycles. The van der Waals surface area contributed by atoms with Gasteiger partial charge in [0.1, 0.15) is 0 Å². The number of nitrogens with zero attached hydrogens (tertiary/aromatic N) is 2. The topological polar surface area (TPSA) is 135 Å². The van der Waals surface area contributed by atoms with Gasteiger partial charge < -0.3 is 20.2 Å². The second-order valence-electron chi connectivity index (χ2n) is 1.79. The van der Waals surface area contributed by atoms with Gasteiger partial charge in [-0.3, -0.25) is 0 Å². The standard InChI is InChI=1S/C3H2N4O5/c8-3-4-1(6(9)10)2(5-3)7(11)12/h(H2,4,5,8). The molecule has 12 heavy (non-hydrogen) atoms. The monoisotopic (exact) mass is 174 g/mol. The SMILES string of the molecule is O=c1[nH]c([N+](=O)[O-])c([N+](=O)[O-])[nH]1. The van der Waals surface area contributed by atoms with Crippen LogP contribution in [0.2, 0.25) is 0 Å². The molecular weight excluding hydrogens is 172 g/mol. The Kier molecular flexibility index (Phi) is 1.62. The highest BCUT2D eigenvalue weighted by molar-refractivity contribution is 5.38. The van der Waals surface area contributed by atoms with Gasteiger partial charge in [-0.2, -0.15) is 14.8 Å². The van der Waals surface area contributed by atoms with Crippen LogP contribution < -0.4 is 5.69 Å². The fourth-order valence-corrected chi connectivity index (χ4v) is 0.629. The van der Waals surface area contributed by atoms with Crippen molar-refractivity contribution in [2.75, 3.05) is 0 Å². The van der Waals surface area contributed by atoms with Gasteiger partial charge in [-0.05, 0) is 9.85 Å². The van der Waals surface area contributed by atoms with Gasteiger partial charge in [-0.1, -0.05) is 0 Å². The van der Waals surface area contributed by atoms with E-state index in [1.807, 2.05) is 0 Å². The van der Waals surface area contributed by atoms with Crippen molar-refractivity contribution in [1.29, 1.82) is 0 Å². The van der Waals surface area contributed by atoms with Crippen LogP contribution in [0.15, 0.2) is 4.79 Å². The lowest BCUT2D eigenvalue weighted by molar-refractivity contribution is -0.427. The van der Waals surface area contributed by atoms with Gasteiger partial charge in [-0.25, -0.2) is 0 Å². The maximum absolute atomic E-state index is 10.4. The number of nitrogens with one attached hydrogen (secondary N) is 2. The third-order valence-corrected chi connectivity index (χ3v) is 1.05. The van der Waals surface area contributed by atoms with Crippen LogP contribution in [-0.4, -0.2) is 19.8 Å². The summed E-state index contributed by atoms with van der Waals surface area (Å²) in [6, 6.07) is 0. The Morgan fingerprint density at radius 3 is 1.58 bits per heavy atom. The number of nitro groups is 2. The molecule has 0 aliphatic carbocycles. The molecule has 0 unspecified atom stereocenters. The number of imidazole rings is 1. The maximum Gasteiger partial charge on any atom is 0.500 e. The summed E-state index contributed by atoms with van der Waals surface area (Å²) in [6.07, 6.45) is 0. The zero-order valence-electron chi connectivity index (χ0n) is 5.44. The van der Waals surface area contributed by atoms with Gasteiger partial charge in [0.2, 0.25) is 0 Å². The predicted molar refractivity (Wildman–Crippen MR) is 34.7 cm³/mol. The molecule has 64 valence electrons. The number of H-pyrrole nitrogens is 2. The van der Waals surface area contributed by atoms with Crippen molar-refractivity contribution in [1.82, 2.24) is 9.97 Å². The first kappa shape index (κ1) is 7.91. The predicted octanol–water partition coefficient (Wildman–Crippen LogP) is -0.481. The van der Waals surface area contributed by atoms with Crippen molar-refractivity contribution in [3.8, 4) is 0 Å². The molecule has 1 aromatic heterocycles. The number of hydrogen-bond donors (Lipinski definition) is 2. The second-order valence-corrected chi connectivity index (χ2v) is 1.79.